The van der Waals surface area contributed by atoms with E-state index >= 15 is 0 Å². The molecule has 0 spiro atoms. The number of benzene rings is 2. The number of rotatable bonds is 7. The number of esters is 1. The highest BCUT2D eigenvalue weighted by atomic mass is 79.9. The van der Waals surface area contributed by atoms with E-state index < -0.39 is 5.97 Å². The van der Waals surface area contributed by atoms with Gasteiger partial charge < -0.3 is 14.5 Å². The van der Waals surface area contributed by atoms with Crippen molar-refractivity contribution in [1.29, 1.82) is 0 Å². The summed E-state index contributed by atoms with van der Waals surface area (Å²) in [6, 6.07) is 15.5. The Kier molecular flexibility index (Phi) is 6.35. The third-order valence-electron chi connectivity index (χ3n) is 3.58. The molecule has 5 nitrogen and oxygen atoms in total. The van der Waals surface area contributed by atoms with E-state index in [0.29, 0.717) is 5.76 Å². The Labute approximate surface area is 163 Å². The van der Waals surface area contributed by atoms with Gasteiger partial charge in [-0.1, -0.05) is 30.3 Å². The molecule has 1 aromatic heterocycles. The van der Waals surface area contributed by atoms with Gasteiger partial charge in [-0.05, 0) is 44.9 Å². The molecule has 1 heterocycles. The lowest BCUT2D eigenvalue weighted by Gasteiger charge is -2.08. The first kappa shape index (κ1) is 18.5. The fourth-order valence-electron chi connectivity index (χ4n) is 2.30. The van der Waals surface area contributed by atoms with E-state index in [2.05, 4.69) is 21.2 Å². The maximum atomic E-state index is 11.9. The highest BCUT2D eigenvalue weighted by Crippen LogP contribution is 2.34. The average Bonchev–Trinajstić information content (AvgIpc) is 3.18. The van der Waals surface area contributed by atoms with E-state index in [0.717, 1.165) is 20.1 Å². The molecule has 0 unspecified atom stereocenters. The molecule has 3 rings (SSSR count). The van der Waals surface area contributed by atoms with Crippen LogP contribution in [0.5, 0.6) is 0 Å². The summed E-state index contributed by atoms with van der Waals surface area (Å²) in [5.41, 5.74) is 0. The molecule has 0 saturated carbocycles. The van der Waals surface area contributed by atoms with Crippen LogP contribution in [-0.2, 0) is 20.9 Å². The lowest BCUT2D eigenvalue weighted by Crippen LogP contribution is -2.28. The summed E-state index contributed by atoms with van der Waals surface area (Å²) in [5.74, 6) is -0.0428. The highest BCUT2D eigenvalue weighted by molar-refractivity contribution is 9.10. The smallest absolute Gasteiger partial charge is 0.316 e. The van der Waals surface area contributed by atoms with Crippen molar-refractivity contribution < 1.29 is 18.7 Å². The van der Waals surface area contributed by atoms with Crippen molar-refractivity contribution in [3.8, 4) is 0 Å². The number of carbonyl (C=O) groups excluding carboxylic acids is 2. The predicted octanol–water partition coefficient (Wildman–Crippen LogP) is 4.15. The normalized spacial score (nSPS) is 10.7. The molecule has 0 aliphatic carbocycles. The van der Waals surface area contributed by atoms with Gasteiger partial charge >= 0.3 is 5.97 Å². The number of hydrogen-bond donors (Lipinski definition) is 1. The van der Waals surface area contributed by atoms with Gasteiger partial charge in [-0.15, -0.1) is 11.8 Å². The number of furan rings is 1. The molecule has 7 heteroatoms. The van der Waals surface area contributed by atoms with Crippen LogP contribution < -0.4 is 5.32 Å². The average molecular weight is 434 g/mol. The van der Waals surface area contributed by atoms with Gasteiger partial charge in [0.1, 0.15) is 5.76 Å². The van der Waals surface area contributed by atoms with Crippen molar-refractivity contribution in [2.45, 2.75) is 11.4 Å². The summed E-state index contributed by atoms with van der Waals surface area (Å²) in [5, 5.41) is 4.83. The minimum Gasteiger partial charge on any atom is -0.467 e. The molecule has 1 N–H and O–H groups in total. The second-order valence-corrected chi connectivity index (χ2v) is 7.21. The van der Waals surface area contributed by atoms with Crippen molar-refractivity contribution in [3.63, 3.8) is 0 Å². The summed E-state index contributed by atoms with van der Waals surface area (Å²) >= 11 is 4.95. The van der Waals surface area contributed by atoms with E-state index in [-0.39, 0.29) is 24.8 Å². The zero-order valence-corrected chi connectivity index (χ0v) is 16.1. The molecule has 2 aromatic carbocycles. The summed E-state index contributed by atoms with van der Waals surface area (Å²) in [6.45, 7) is -0.0405. The lowest BCUT2D eigenvalue weighted by molar-refractivity contribution is -0.146. The van der Waals surface area contributed by atoms with Crippen LogP contribution in [0.4, 0.5) is 0 Å². The molecule has 0 aliphatic rings. The third kappa shape index (κ3) is 4.89. The molecule has 1 amide bonds. The van der Waals surface area contributed by atoms with E-state index in [1.165, 1.54) is 18.0 Å². The quantitative estimate of drug-likeness (QED) is 0.447. The number of halogens is 1. The number of carbonyl (C=O) groups is 2. The van der Waals surface area contributed by atoms with E-state index in [9.17, 15) is 9.59 Å². The van der Waals surface area contributed by atoms with Crippen LogP contribution in [-0.4, -0.2) is 24.2 Å². The zero-order chi connectivity index (χ0) is 18.4. The van der Waals surface area contributed by atoms with Crippen LogP contribution in [0.25, 0.3) is 10.8 Å². The fraction of sp³-hybridized carbons (Fsp3) is 0.158. The van der Waals surface area contributed by atoms with Crippen LogP contribution in [0.15, 0.2) is 68.6 Å². The van der Waals surface area contributed by atoms with Crippen LogP contribution in [0, 0.1) is 0 Å². The summed E-state index contributed by atoms with van der Waals surface area (Å²) in [6.07, 6.45) is 1.53. The van der Waals surface area contributed by atoms with Crippen molar-refractivity contribution in [3.05, 3.63) is 65.0 Å². The first-order valence-corrected chi connectivity index (χ1v) is 9.66. The van der Waals surface area contributed by atoms with Gasteiger partial charge in [-0.25, -0.2) is 0 Å². The van der Waals surface area contributed by atoms with Gasteiger partial charge in [0.05, 0.1) is 18.6 Å². The van der Waals surface area contributed by atoms with Crippen molar-refractivity contribution >= 4 is 50.3 Å². The Hall–Kier alpha value is -2.25. The second kappa shape index (κ2) is 8.91. The van der Waals surface area contributed by atoms with Crippen molar-refractivity contribution in [2.75, 3.05) is 12.4 Å². The minimum atomic E-state index is -0.441. The Balaban J connectivity index is 1.45. The number of fused-ring (bicyclic) bond motifs is 1. The van der Waals surface area contributed by atoms with Gasteiger partial charge in [0.25, 0.3) is 5.91 Å². The van der Waals surface area contributed by atoms with E-state index in [1.807, 2.05) is 36.4 Å². The second-order valence-electron chi connectivity index (χ2n) is 5.40. The van der Waals surface area contributed by atoms with E-state index in [1.54, 1.807) is 12.1 Å². The van der Waals surface area contributed by atoms with Crippen LogP contribution in [0.3, 0.4) is 0 Å². The molecule has 0 atom stereocenters. The van der Waals surface area contributed by atoms with E-state index in [4.69, 9.17) is 9.15 Å². The van der Waals surface area contributed by atoms with Gasteiger partial charge in [-0.2, -0.15) is 0 Å². The Morgan fingerprint density at radius 1 is 1.12 bits per heavy atom. The van der Waals surface area contributed by atoms with Crippen molar-refractivity contribution in [1.82, 2.24) is 5.32 Å². The standard InChI is InChI=1S/C19H16BrNO4S/c20-19-15-6-2-1-4-13(15)7-8-16(19)26-12-18(23)25-11-17(22)21-10-14-5-3-9-24-14/h1-9H,10-12H2,(H,21,22). The number of amides is 1. The largest absolute Gasteiger partial charge is 0.467 e. The Bertz CT molecular complexity index is 911. The molecular formula is C19H16BrNO4S. The lowest BCUT2D eigenvalue weighted by atomic mass is 10.1. The molecule has 134 valence electrons. The van der Waals surface area contributed by atoms with Crippen LogP contribution in [0.1, 0.15) is 5.76 Å². The monoisotopic (exact) mass is 433 g/mol. The van der Waals surface area contributed by atoms with Gasteiger partial charge in [0, 0.05) is 9.37 Å². The number of thioether (sulfide) groups is 1. The molecule has 0 aliphatic heterocycles. The maximum absolute atomic E-state index is 11.9. The molecule has 0 fully saturated rings. The topological polar surface area (TPSA) is 68.5 Å². The molecule has 26 heavy (non-hydrogen) atoms. The molecule has 3 aromatic rings. The maximum Gasteiger partial charge on any atom is 0.316 e. The van der Waals surface area contributed by atoms with Gasteiger partial charge in [0.2, 0.25) is 0 Å². The first-order chi connectivity index (χ1) is 12.6. The summed E-state index contributed by atoms with van der Waals surface area (Å²) in [4.78, 5) is 24.5. The molecule has 0 radical (unpaired) electrons. The zero-order valence-electron chi connectivity index (χ0n) is 13.7. The van der Waals surface area contributed by atoms with Gasteiger partial charge in [-0.3, -0.25) is 9.59 Å². The van der Waals surface area contributed by atoms with Crippen LogP contribution in [0.2, 0.25) is 0 Å². The Morgan fingerprint density at radius 3 is 2.77 bits per heavy atom. The number of hydrogen-bond acceptors (Lipinski definition) is 5. The van der Waals surface area contributed by atoms with Crippen LogP contribution >= 0.6 is 27.7 Å². The fourth-order valence-corrected chi connectivity index (χ4v) is 3.89. The SMILES string of the molecule is O=C(COC(=O)CSc1ccc2ccccc2c1Br)NCc1ccco1. The molecule has 0 bridgehead atoms. The number of nitrogens with one attached hydrogen (secondary N) is 1. The molecular weight excluding hydrogens is 418 g/mol. The predicted molar refractivity (Wildman–Crippen MR) is 104 cm³/mol. The minimum absolute atomic E-state index is 0.127. The van der Waals surface area contributed by atoms with Gasteiger partial charge in [0.15, 0.2) is 6.61 Å². The molecule has 0 saturated heterocycles. The Morgan fingerprint density at radius 2 is 1.96 bits per heavy atom. The number of ether oxygens (including phenoxy) is 1. The first-order valence-electron chi connectivity index (χ1n) is 7.88. The van der Waals surface area contributed by atoms with Crippen molar-refractivity contribution in [2.24, 2.45) is 0 Å². The summed E-state index contributed by atoms with van der Waals surface area (Å²) < 4.78 is 11.1. The third-order valence-corrected chi connectivity index (χ3v) is 5.73. The highest BCUT2D eigenvalue weighted by Gasteiger charge is 2.11. The summed E-state index contributed by atoms with van der Waals surface area (Å²) in [7, 11) is 0.